The zero-order valence-corrected chi connectivity index (χ0v) is 23.2. The summed E-state index contributed by atoms with van der Waals surface area (Å²) >= 11 is 0.908. The number of imide groups is 1. The first-order chi connectivity index (χ1) is 19.3. The number of carbonyl (C=O) groups excluding carboxylic acids is 3. The summed E-state index contributed by atoms with van der Waals surface area (Å²) in [6, 6.07) is 24.7. The van der Waals surface area contributed by atoms with E-state index >= 15 is 0 Å². The quantitative estimate of drug-likeness (QED) is 0.244. The fourth-order valence-electron chi connectivity index (χ4n) is 4.42. The Morgan fingerprint density at radius 3 is 2.52 bits per heavy atom. The van der Waals surface area contributed by atoms with Crippen molar-refractivity contribution >= 4 is 51.4 Å². The molecule has 1 fully saturated rings. The third-order valence-corrected chi connectivity index (χ3v) is 7.66. The summed E-state index contributed by atoms with van der Waals surface area (Å²) in [6.07, 6.45) is 1.66. The third kappa shape index (κ3) is 5.87. The molecule has 4 aromatic rings. The lowest BCUT2D eigenvalue weighted by molar-refractivity contribution is -0.123. The van der Waals surface area contributed by atoms with Gasteiger partial charge in [0.05, 0.1) is 18.6 Å². The van der Waals surface area contributed by atoms with Crippen LogP contribution < -0.4 is 14.8 Å². The van der Waals surface area contributed by atoms with E-state index in [2.05, 4.69) is 5.32 Å². The SMILES string of the molecule is COc1cc(/C=C2\SC(=O)N(Cc3ccc4ccccc4c3)C2=O)ccc1OCC(=O)Nc1cccc(C)c1C. The Morgan fingerprint density at radius 2 is 1.73 bits per heavy atom. The van der Waals surface area contributed by atoms with Crippen molar-refractivity contribution in [1.29, 1.82) is 0 Å². The summed E-state index contributed by atoms with van der Waals surface area (Å²) < 4.78 is 11.2. The fraction of sp³-hybridized carbons (Fsp3) is 0.156. The van der Waals surface area contributed by atoms with Gasteiger partial charge in [0, 0.05) is 5.69 Å². The number of hydrogen-bond donors (Lipinski definition) is 1. The first kappa shape index (κ1) is 27.0. The number of rotatable bonds is 8. The fourth-order valence-corrected chi connectivity index (χ4v) is 5.25. The average Bonchev–Trinajstić information content (AvgIpc) is 3.21. The van der Waals surface area contributed by atoms with Crippen LogP contribution in [0, 0.1) is 13.8 Å². The second-order valence-corrected chi connectivity index (χ2v) is 10.4. The number of hydrogen-bond acceptors (Lipinski definition) is 6. The van der Waals surface area contributed by atoms with Crippen LogP contribution in [0.1, 0.15) is 22.3 Å². The van der Waals surface area contributed by atoms with Crippen LogP contribution in [0.3, 0.4) is 0 Å². The average molecular weight is 553 g/mol. The Hall–Kier alpha value is -4.56. The predicted molar refractivity (Wildman–Crippen MR) is 158 cm³/mol. The summed E-state index contributed by atoms with van der Waals surface area (Å²) in [6.45, 7) is 3.94. The standard InChI is InChI=1S/C32H28N2O5S/c1-20-7-6-10-26(21(20)2)33-30(35)19-39-27-14-12-22(16-28(27)38-3)17-29-31(36)34(32(37)40-29)18-23-11-13-24-8-4-5-9-25(24)15-23/h4-17H,18-19H2,1-3H3,(H,33,35)/b29-17-. The highest BCUT2D eigenvalue weighted by molar-refractivity contribution is 8.18. The van der Waals surface area contributed by atoms with Crippen molar-refractivity contribution in [2.24, 2.45) is 0 Å². The predicted octanol–water partition coefficient (Wildman–Crippen LogP) is 6.72. The molecule has 0 atom stereocenters. The lowest BCUT2D eigenvalue weighted by Gasteiger charge is -2.13. The molecule has 3 amide bonds. The van der Waals surface area contributed by atoms with E-state index in [0.29, 0.717) is 22.0 Å². The van der Waals surface area contributed by atoms with Crippen molar-refractivity contribution in [2.75, 3.05) is 19.0 Å². The maximum Gasteiger partial charge on any atom is 0.293 e. The Balaban J connectivity index is 1.25. The van der Waals surface area contributed by atoms with Gasteiger partial charge in [-0.25, -0.2) is 0 Å². The minimum atomic E-state index is -0.342. The minimum Gasteiger partial charge on any atom is -0.493 e. The van der Waals surface area contributed by atoms with E-state index in [1.165, 1.54) is 12.0 Å². The molecule has 0 saturated carbocycles. The van der Waals surface area contributed by atoms with Crippen molar-refractivity contribution in [3.8, 4) is 11.5 Å². The lowest BCUT2D eigenvalue weighted by Crippen LogP contribution is -2.27. The summed E-state index contributed by atoms with van der Waals surface area (Å²) in [7, 11) is 1.50. The third-order valence-electron chi connectivity index (χ3n) is 6.75. The van der Waals surface area contributed by atoms with Crippen molar-refractivity contribution in [1.82, 2.24) is 4.90 Å². The Labute approximate surface area is 236 Å². The van der Waals surface area contributed by atoms with Crippen molar-refractivity contribution in [3.63, 3.8) is 0 Å². The van der Waals surface area contributed by atoms with Gasteiger partial charge < -0.3 is 14.8 Å². The molecule has 0 bridgehead atoms. The van der Waals surface area contributed by atoms with Gasteiger partial charge in [0.1, 0.15) is 0 Å². The van der Waals surface area contributed by atoms with E-state index in [9.17, 15) is 14.4 Å². The van der Waals surface area contributed by atoms with E-state index < -0.39 is 0 Å². The topological polar surface area (TPSA) is 84.9 Å². The molecule has 5 rings (SSSR count). The largest absolute Gasteiger partial charge is 0.493 e. The van der Waals surface area contributed by atoms with E-state index in [1.807, 2.05) is 74.5 Å². The number of carbonyl (C=O) groups is 3. The first-order valence-electron chi connectivity index (χ1n) is 12.7. The molecule has 0 aliphatic carbocycles. The van der Waals surface area contributed by atoms with Gasteiger partial charge in [-0.3, -0.25) is 19.3 Å². The molecular formula is C32H28N2O5S. The highest BCUT2D eigenvalue weighted by atomic mass is 32.2. The molecule has 4 aromatic carbocycles. The number of aryl methyl sites for hydroxylation is 1. The number of fused-ring (bicyclic) bond motifs is 1. The first-order valence-corrected chi connectivity index (χ1v) is 13.5. The highest BCUT2D eigenvalue weighted by Crippen LogP contribution is 2.35. The van der Waals surface area contributed by atoms with E-state index in [-0.39, 0.29) is 30.2 Å². The van der Waals surface area contributed by atoms with Crippen LogP contribution in [-0.4, -0.2) is 35.7 Å². The van der Waals surface area contributed by atoms with Gasteiger partial charge in [0.15, 0.2) is 18.1 Å². The van der Waals surface area contributed by atoms with Gasteiger partial charge in [0.2, 0.25) is 0 Å². The van der Waals surface area contributed by atoms with Gasteiger partial charge in [-0.2, -0.15) is 0 Å². The van der Waals surface area contributed by atoms with Crippen LogP contribution in [-0.2, 0) is 16.1 Å². The number of methoxy groups -OCH3 is 1. The maximum absolute atomic E-state index is 13.1. The van der Waals surface area contributed by atoms with Crippen LogP contribution in [0.25, 0.3) is 16.8 Å². The van der Waals surface area contributed by atoms with Crippen LogP contribution in [0.2, 0.25) is 0 Å². The second kappa shape index (κ2) is 11.7. The normalized spacial score (nSPS) is 14.2. The van der Waals surface area contributed by atoms with Crippen molar-refractivity contribution in [3.05, 3.63) is 106 Å². The maximum atomic E-state index is 13.1. The Bertz CT molecular complexity index is 1660. The lowest BCUT2D eigenvalue weighted by atomic mass is 10.1. The number of nitrogens with one attached hydrogen (secondary N) is 1. The molecule has 7 nitrogen and oxygen atoms in total. The van der Waals surface area contributed by atoms with Crippen molar-refractivity contribution < 1.29 is 23.9 Å². The number of amides is 3. The number of anilines is 1. The smallest absolute Gasteiger partial charge is 0.293 e. The molecular weight excluding hydrogens is 524 g/mol. The van der Waals surface area contributed by atoms with Crippen molar-refractivity contribution in [2.45, 2.75) is 20.4 Å². The van der Waals surface area contributed by atoms with Gasteiger partial charge in [-0.05, 0) is 89.0 Å². The van der Waals surface area contributed by atoms with Gasteiger partial charge in [0.25, 0.3) is 17.1 Å². The van der Waals surface area contributed by atoms with Crippen LogP contribution in [0.5, 0.6) is 11.5 Å². The van der Waals surface area contributed by atoms with E-state index in [4.69, 9.17) is 9.47 Å². The number of thioether (sulfide) groups is 1. The zero-order chi connectivity index (χ0) is 28.2. The molecule has 0 spiro atoms. The summed E-state index contributed by atoms with van der Waals surface area (Å²) in [4.78, 5) is 39.9. The number of nitrogens with zero attached hydrogens (tertiary/aromatic N) is 1. The number of benzene rings is 4. The van der Waals surface area contributed by atoms with Crippen LogP contribution >= 0.6 is 11.8 Å². The molecule has 0 radical (unpaired) electrons. The molecule has 40 heavy (non-hydrogen) atoms. The van der Waals surface area contributed by atoms with Crippen LogP contribution in [0.15, 0.2) is 83.8 Å². The summed E-state index contributed by atoms with van der Waals surface area (Å²) in [5.74, 6) is 0.161. The molecule has 1 saturated heterocycles. The molecule has 1 aliphatic rings. The van der Waals surface area contributed by atoms with Gasteiger partial charge in [-0.15, -0.1) is 0 Å². The number of ether oxygens (including phenoxy) is 2. The Kier molecular flexibility index (Phi) is 7.89. The molecule has 0 unspecified atom stereocenters. The molecule has 0 aromatic heterocycles. The monoisotopic (exact) mass is 552 g/mol. The molecule has 1 N–H and O–H groups in total. The van der Waals surface area contributed by atoms with Gasteiger partial charge >= 0.3 is 0 Å². The second-order valence-electron chi connectivity index (χ2n) is 9.44. The molecule has 8 heteroatoms. The Morgan fingerprint density at radius 1 is 0.925 bits per heavy atom. The van der Waals surface area contributed by atoms with Crippen LogP contribution in [0.4, 0.5) is 10.5 Å². The summed E-state index contributed by atoms with van der Waals surface area (Å²) in [5, 5.41) is 4.71. The van der Waals surface area contributed by atoms with Gasteiger partial charge in [-0.1, -0.05) is 54.6 Å². The van der Waals surface area contributed by atoms with E-state index in [0.717, 1.165) is 44.9 Å². The highest BCUT2D eigenvalue weighted by Gasteiger charge is 2.35. The molecule has 202 valence electrons. The summed E-state index contributed by atoms with van der Waals surface area (Å²) in [5.41, 5.74) is 4.37. The molecule has 1 heterocycles. The zero-order valence-electron chi connectivity index (χ0n) is 22.4. The van der Waals surface area contributed by atoms with E-state index in [1.54, 1.807) is 24.3 Å². The minimum absolute atomic E-state index is 0.198. The molecule has 1 aliphatic heterocycles.